The van der Waals surface area contributed by atoms with Gasteiger partial charge in [0.05, 0.1) is 18.1 Å². The van der Waals surface area contributed by atoms with Crippen LogP contribution in [0.1, 0.15) is 33.6 Å². The lowest BCUT2D eigenvalue weighted by molar-refractivity contribution is 0.0601. The molecule has 0 saturated carbocycles. The van der Waals surface area contributed by atoms with Crippen LogP contribution in [0.4, 0.5) is 11.6 Å². The smallest absolute Gasteiger partial charge is 0.337 e. The molecule has 1 aliphatic carbocycles. The first-order valence-electron chi connectivity index (χ1n) is 9.23. The molecule has 3 aromatic rings. The van der Waals surface area contributed by atoms with Crippen LogP contribution in [0, 0.1) is 0 Å². The maximum atomic E-state index is 13.3. The monoisotopic (exact) mass is 395 g/mol. The van der Waals surface area contributed by atoms with Crippen LogP contribution in [0.5, 0.6) is 0 Å². The molecule has 1 N–H and O–H groups in total. The predicted octanol–water partition coefficient (Wildman–Crippen LogP) is 4.05. The van der Waals surface area contributed by atoms with Gasteiger partial charge >= 0.3 is 5.97 Å². The summed E-state index contributed by atoms with van der Waals surface area (Å²) >= 11 is 1.61. The summed E-state index contributed by atoms with van der Waals surface area (Å²) in [4.78, 5) is 31.9. The fourth-order valence-corrected chi connectivity index (χ4v) is 4.86. The van der Waals surface area contributed by atoms with Gasteiger partial charge in [0.25, 0.3) is 5.56 Å². The molecule has 2 aromatic heterocycles. The number of esters is 1. The van der Waals surface area contributed by atoms with Gasteiger partial charge in [0, 0.05) is 17.1 Å². The molecule has 4 rings (SSSR count). The summed E-state index contributed by atoms with van der Waals surface area (Å²) in [7, 11) is 1.35. The molecule has 0 atom stereocenters. The normalized spacial score (nSPS) is 13.2. The number of nitrogens with one attached hydrogen (secondary N) is 1. The average Bonchev–Trinajstić information content (AvgIpc) is 3.09. The Morgan fingerprint density at radius 3 is 3.00 bits per heavy atom. The number of ether oxygens (including phenoxy) is 1. The SMILES string of the molecule is C=CCn1c(Nc2cccc(C(=O)OC)c2)nc2sc3c(c2c1=O)CCCC3. The first-order valence-corrected chi connectivity index (χ1v) is 10.1. The Labute approximate surface area is 166 Å². The maximum Gasteiger partial charge on any atom is 0.337 e. The van der Waals surface area contributed by atoms with E-state index in [2.05, 4.69) is 11.9 Å². The van der Waals surface area contributed by atoms with Gasteiger partial charge in [-0.25, -0.2) is 9.78 Å². The molecule has 0 amide bonds. The number of rotatable bonds is 5. The lowest BCUT2D eigenvalue weighted by atomic mass is 9.97. The third-order valence-corrected chi connectivity index (χ3v) is 6.11. The zero-order chi connectivity index (χ0) is 19.7. The van der Waals surface area contributed by atoms with Crippen molar-refractivity contribution in [3.63, 3.8) is 0 Å². The summed E-state index contributed by atoms with van der Waals surface area (Å²) in [6.45, 7) is 4.13. The lowest BCUT2D eigenvalue weighted by Crippen LogP contribution is -2.24. The molecule has 1 aromatic carbocycles. The number of carbonyl (C=O) groups is 1. The van der Waals surface area contributed by atoms with E-state index < -0.39 is 5.97 Å². The van der Waals surface area contributed by atoms with Crippen molar-refractivity contribution in [1.82, 2.24) is 9.55 Å². The molecule has 0 spiro atoms. The highest BCUT2D eigenvalue weighted by atomic mass is 32.1. The molecular weight excluding hydrogens is 374 g/mol. The highest BCUT2D eigenvalue weighted by Gasteiger charge is 2.22. The third kappa shape index (κ3) is 3.22. The summed E-state index contributed by atoms with van der Waals surface area (Å²) in [5.74, 6) is 0.0273. The number of aromatic nitrogens is 2. The Kier molecular flexibility index (Phi) is 5.00. The molecule has 6 nitrogen and oxygen atoms in total. The second-order valence-electron chi connectivity index (χ2n) is 6.73. The minimum absolute atomic E-state index is 0.0454. The van der Waals surface area contributed by atoms with Crippen molar-refractivity contribution in [3.8, 4) is 0 Å². The van der Waals surface area contributed by atoms with Crippen molar-refractivity contribution in [2.75, 3.05) is 12.4 Å². The largest absolute Gasteiger partial charge is 0.465 e. The third-order valence-electron chi connectivity index (χ3n) is 4.93. The summed E-state index contributed by atoms with van der Waals surface area (Å²) in [6, 6.07) is 6.94. The van der Waals surface area contributed by atoms with Crippen LogP contribution >= 0.6 is 11.3 Å². The van der Waals surface area contributed by atoms with Crippen molar-refractivity contribution < 1.29 is 9.53 Å². The van der Waals surface area contributed by atoms with E-state index in [9.17, 15) is 9.59 Å². The van der Waals surface area contributed by atoms with Gasteiger partial charge in [0.15, 0.2) is 0 Å². The molecule has 0 saturated heterocycles. The van der Waals surface area contributed by atoms with Crippen LogP contribution in [0.25, 0.3) is 10.2 Å². The second kappa shape index (κ2) is 7.59. The molecule has 0 bridgehead atoms. The van der Waals surface area contributed by atoms with Crippen LogP contribution in [0.15, 0.2) is 41.7 Å². The number of aryl methyl sites for hydroxylation is 2. The number of hydrogen-bond acceptors (Lipinski definition) is 6. The van der Waals surface area contributed by atoms with Gasteiger partial charge in [-0.05, 0) is 49.4 Å². The second-order valence-corrected chi connectivity index (χ2v) is 7.81. The van der Waals surface area contributed by atoms with E-state index >= 15 is 0 Å². The van der Waals surface area contributed by atoms with Gasteiger partial charge in [0.2, 0.25) is 5.95 Å². The average molecular weight is 395 g/mol. The van der Waals surface area contributed by atoms with E-state index in [4.69, 9.17) is 9.72 Å². The molecule has 0 radical (unpaired) electrons. The lowest BCUT2D eigenvalue weighted by Gasteiger charge is -2.14. The molecule has 2 heterocycles. The van der Waals surface area contributed by atoms with E-state index in [1.54, 1.807) is 40.2 Å². The molecule has 0 fully saturated rings. The Balaban J connectivity index is 1.82. The quantitative estimate of drug-likeness (QED) is 0.521. The Hall–Kier alpha value is -2.93. The number of fused-ring (bicyclic) bond motifs is 3. The minimum atomic E-state index is -0.415. The Bertz CT molecular complexity index is 1130. The van der Waals surface area contributed by atoms with Crippen molar-refractivity contribution in [3.05, 3.63) is 63.3 Å². The van der Waals surface area contributed by atoms with Crippen molar-refractivity contribution in [2.24, 2.45) is 0 Å². The summed E-state index contributed by atoms with van der Waals surface area (Å²) in [5.41, 5.74) is 2.21. The highest BCUT2D eigenvalue weighted by Crippen LogP contribution is 2.34. The van der Waals surface area contributed by atoms with E-state index in [1.165, 1.54) is 17.6 Å². The number of carbonyl (C=O) groups excluding carboxylic acids is 1. The topological polar surface area (TPSA) is 73.2 Å². The summed E-state index contributed by atoms with van der Waals surface area (Å²) in [6.07, 6.45) is 5.91. The zero-order valence-electron chi connectivity index (χ0n) is 15.7. The number of thiophene rings is 1. The van der Waals surface area contributed by atoms with Gasteiger partial charge in [-0.2, -0.15) is 0 Å². The van der Waals surface area contributed by atoms with Crippen LogP contribution in [0.2, 0.25) is 0 Å². The summed E-state index contributed by atoms with van der Waals surface area (Å²) < 4.78 is 6.38. The van der Waals surface area contributed by atoms with Crippen molar-refractivity contribution in [1.29, 1.82) is 0 Å². The number of benzene rings is 1. The van der Waals surface area contributed by atoms with E-state index in [0.29, 0.717) is 23.7 Å². The van der Waals surface area contributed by atoms with Gasteiger partial charge in [-0.1, -0.05) is 12.1 Å². The summed E-state index contributed by atoms with van der Waals surface area (Å²) in [5, 5.41) is 3.94. The fraction of sp³-hybridized carbons (Fsp3) is 0.286. The highest BCUT2D eigenvalue weighted by molar-refractivity contribution is 7.18. The first kappa shape index (κ1) is 18.4. The molecule has 144 valence electrons. The van der Waals surface area contributed by atoms with E-state index in [0.717, 1.165) is 35.9 Å². The van der Waals surface area contributed by atoms with Gasteiger partial charge in [0.1, 0.15) is 4.83 Å². The fourth-order valence-electron chi connectivity index (χ4n) is 3.60. The standard InChI is InChI=1S/C21H21N3O3S/c1-3-11-24-19(25)17-15-9-4-5-10-16(15)28-18(17)23-21(24)22-14-8-6-7-13(12-14)20(26)27-2/h3,6-8,12H,1,4-5,9-11H2,2H3,(H,22,23). The van der Waals surface area contributed by atoms with Crippen LogP contribution in [-0.2, 0) is 24.1 Å². The molecule has 7 heteroatoms. The number of methoxy groups -OCH3 is 1. The number of allylic oxidation sites excluding steroid dienone is 1. The van der Waals surface area contributed by atoms with Gasteiger partial charge in [-0.15, -0.1) is 17.9 Å². The van der Waals surface area contributed by atoms with Crippen LogP contribution < -0.4 is 10.9 Å². The van der Waals surface area contributed by atoms with Gasteiger partial charge < -0.3 is 10.1 Å². The molecule has 1 aliphatic rings. The van der Waals surface area contributed by atoms with E-state index in [1.807, 2.05) is 6.07 Å². The Morgan fingerprint density at radius 2 is 2.21 bits per heavy atom. The first-order chi connectivity index (χ1) is 13.6. The number of anilines is 2. The van der Waals surface area contributed by atoms with Crippen LogP contribution in [0.3, 0.4) is 0 Å². The zero-order valence-corrected chi connectivity index (χ0v) is 16.5. The maximum absolute atomic E-state index is 13.3. The van der Waals surface area contributed by atoms with E-state index in [-0.39, 0.29) is 5.56 Å². The van der Waals surface area contributed by atoms with Crippen LogP contribution in [-0.4, -0.2) is 22.6 Å². The molecular formula is C21H21N3O3S. The number of nitrogens with zero attached hydrogens (tertiary/aromatic N) is 2. The van der Waals surface area contributed by atoms with Crippen molar-refractivity contribution >= 4 is 39.2 Å². The van der Waals surface area contributed by atoms with Gasteiger partial charge in [-0.3, -0.25) is 9.36 Å². The Morgan fingerprint density at radius 1 is 1.39 bits per heavy atom. The molecule has 0 unspecified atom stereocenters. The molecule has 28 heavy (non-hydrogen) atoms. The minimum Gasteiger partial charge on any atom is -0.465 e. The molecule has 0 aliphatic heterocycles. The number of hydrogen-bond donors (Lipinski definition) is 1. The van der Waals surface area contributed by atoms with Crippen molar-refractivity contribution in [2.45, 2.75) is 32.2 Å². The predicted molar refractivity (Wildman–Crippen MR) is 112 cm³/mol.